The molecular weight excluding hydrogens is 1460 g/mol. The summed E-state index contributed by atoms with van der Waals surface area (Å²) in [5, 5.41) is 8.45. The van der Waals surface area contributed by atoms with Gasteiger partial charge in [0.2, 0.25) is 17.7 Å². The zero-order chi connectivity index (χ0) is 79.2. The molecule has 0 aliphatic carbocycles. The van der Waals surface area contributed by atoms with Crippen LogP contribution in [0.2, 0.25) is 0 Å². The SMILES string of the molecule is C=CC(=O)N1CCN(c2nc(OC[C@@H]3CC(c4ccc(C(F)(F)F)c(N5CCc6c(nc(OC[C@@H]7CCCN7C)nc6N6CCN(C(=O)C=C)CC6)C5)c4)CN3C)nc3c2CCN(c2ccc(C4C[C@@H](COc5nc6c(c(N7CCN(C(=O)C=C)CC7)n5)CCN(c5c(OC)ccc7[nH]ncc57)C6)N(C)C4)cc2C(C)C)C3)CC1. The number of likely N-dealkylation sites (N-methyl/N-ethyl adjacent to an activating group) is 3. The number of hydrogen-bond acceptors (Lipinski definition) is 23. The highest BCUT2D eigenvalue weighted by Crippen LogP contribution is 2.46. The average Bonchev–Trinajstić information content (AvgIpc) is 1.73. The Hall–Kier alpha value is -10.3. The van der Waals surface area contributed by atoms with Gasteiger partial charge in [0.15, 0.2) is 0 Å². The molecule has 0 spiro atoms. The van der Waals surface area contributed by atoms with Crippen LogP contribution in [0.5, 0.6) is 23.8 Å². The molecule has 3 amide bonds. The summed E-state index contributed by atoms with van der Waals surface area (Å²) in [6.45, 7) is 28.6. The summed E-state index contributed by atoms with van der Waals surface area (Å²) in [7, 11) is 7.98. The van der Waals surface area contributed by atoms with Crippen LogP contribution in [0.4, 0.5) is 47.7 Å². The van der Waals surface area contributed by atoms with Crippen LogP contribution in [0.1, 0.15) is 113 Å². The van der Waals surface area contributed by atoms with Gasteiger partial charge >= 0.3 is 24.2 Å². The molecule has 0 radical (unpaired) electrons. The maximum absolute atomic E-state index is 15.3. The molecule has 114 heavy (non-hydrogen) atoms. The number of amides is 3. The van der Waals surface area contributed by atoms with Crippen molar-refractivity contribution in [3.8, 4) is 23.8 Å². The quantitative estimate of drug-likeness (QED) is 0.0627. The highest BCUT2D eigenvalue weighted by molar-refractivity contribution is 5.95. The number of methoxy groups -OCH3 is 1. The van der Waals surface area contributed by atoms with Crippen LogP contribution >= 0.6 is 0 Å². The fourth-order valence-electron chi connectivity index (χ4n) is 18.6. The summed E-state index contributed by atoms with van der Waals surface area (Å²) in [5.41, 5.74) is 11.2. The number of carbonyl (C=O) groups excluding carboxylic acids is 3. The summed E-state index contributed by atoms with van der Waals surface area (Å²) < 4.78 is 71.8. The van der Waals surface area contributed by atoms with Crippen molar-refractivity contribution in [2.75, 3.05) is 195 Å². The van der Waals surface area contributed by atoms with Gasteiger partial charge in [-0.15, -0.1) is 0 Å². The Balaban J connectivity index is 0.610. The molecule has 0 bridgehead atoms. The van der Waals surface area contributed by atoms with Crippen molar-refractivity contribution >= 4 is 63.1 Å². The number of fused-ring (bicyclic) bond motifs is 4. The minimum Gasteiger partial charge on any atom is -0.495 e. The number of hydrogen-bond donors (Lipinski definition) is 1. The van der Waals surface area contributed by atoms with Crippen molar-refractivity contribution in [2.45, 2.75) is 120 Å². The molecule has 1 N–H and O–H groups in total. The Kier molecular flexibility index (Phi) is 22.4. The smallest absolute Gasteiger partial charge is 0.418 e. The number of piperazine rings is 3. The molecule has 7 aromatic rings. The maximum atomic E-state index is 15.3. The van der Waals surface area contributed by atoms with E-state index >= 15 is 13.2 Å². The molecule has 6 fully saturated rings. The lowest BCUT2D eigenvalue weighted by atomic mass is 9.90. The van der Waals surface area contributed by atoms with Gasteiger partial charge in [0.25, 0.3) is 0 Å². The first-order valence-corrected chi connectivity index (χ1v) is 40.4. The van der Waals surface area contributed by atoms with Gasteiger partial charge in [-0.2, -0.15) is 48.2 Å². The second-order valence-electron chi connectivity index (χ2n) is 32.3. The number of nitrogens with one attached hydrogen (secondary N) is 1. The second-order valence-corrected chi connectivity index (χ2v) is 32.3. The normalized spacial score (nSPS) is 21.8. The number of carbonyl (C=O) groups is 3. The Morgan fingerprint density at radius 1 is 0.526 bits per heavy atom. The van der Waals surface area contributed by atoms with Gasteiger partial charge in [-0.1, -0.05) is 51.8 Å². The van der Waals surface area contributed by atoms with Gasteiger partial charge < -0.3 is 67.9 Å². The van der Waals surface area contributed by atoms with E-state index in [0.717, 1.165) is 119 Å². The zero-order valence-electron chi connectivity index (χ0n) is 66.4. The number of benzene rings is 3. The predicted octanol–water partition coefficient (Wildman–Crippen LogP) is 8.48. The number of likely N-dealkylation sites (tertiary alicyclic amines) is 3. The van der Waals surface area contributed by atoms with E-state index in [1.807, 2.05) is 40.1 Å². The van der Waals surface area contributed by atoms with Crippen LogP contribution in [0.3, 0.4) is 0 Å². The molecule has 30 heteroatoms. The van der Waals surface area contributed by atoms with Crippen molar-refractivity contribution in [1.82, 2.24) is 69.5 Å². The Morgan fingerprint density at radius 3 is 1.42 bits per heavy atom. The maximum Gasteiger partial charge on any atom is 0.418 e. The molecule has 13 heterocycles. The topological polar surface area (TPSA) is 233 Å². The first-order valence-electron chi connectivity index (χ1n) is 40.4. The lowest BCUT2D eigenvalue weighted by molar-refractivity contribution is -0.137. The number of ether oxygens (including phenoxy) is 4. The number of nitrogens with zero attached hydrogens (tertiary/aromatic N) is 19. The van der Waals surface area contributed by atoms with Crippen LogP contribution < -0.4 is 48.3 Å². The highest BCUT2D eigenvalue weighted by atomic mass is 19.4. The molecule has 2 unspecified atom stereocenters. The van der Waals surface area contributed by atoms with E-state index in [9.17, 15) is 14.4 Å². The van der Waals surface area contributed by atoms with Crippen LogP contribution in [0.25, 0.3) is 10.9 Å². The lowest BCUT2D eigenvalue weighted by Crippen LogP contribution is -2.49. The molecule has 9 aliphatic rings. The van der Waals surface area contributed by atoms with Crippen molar-refractivity contribution in [2.24, 2.45) is 0 Å². The molecule has 604 valence electrons. The van der Waals surface area contributed by atoms with Crippen molar-refractivity contribution in [3.05, 3.63) is 149 Å². The third-order valence-electron chi connectivity index (χ3n) is 25.2. The third-order valence-corrected chi connectivity index (χ3v) is 25.2. The molecular formula is C84H105F3N20O7. The first-order chi connectivity index (χ1) is 55.2. The van der Waals surface area contributed by atoms with E-state index in [1.54, 1.807) is 24.1 Å². The van der Waals surface area contributed by atoms with Crippen molar-refractivity contribution in [1.29, 1.82) is 0 Å². The number of H-pyrrole nitrogens is 1. The van der Waals surface area contributed by atoms with Crippen LogP contribution in [0, 0.1) is 0 Å². The summed E-state index contributed by atoms with van der Waals surface area (Å²) in [6, 6.07) is 16.6. The van der Waals surface area contributed by atoms with E-state index < -0.39 is 11.7 Å². The summed E-state index contributed by atoms with van der Waals surface area (Å²) >= 11 is 0. The second kappa shape index (κ2) is 32.9. The van der Waals surface area contributed by atoms with E-state index in [0.29, 0.717) is 161 Å². The first kappa shape index (κ1) is 77.6. The molecule has 3 aromatic carbocycles. The van der Waals surface area contributed by atoms with Gasteiger partial charge in [-0.05, 0) is 156 Å². The molecule has 16 rings (SSSR count). The lowest BCUT2D eigenvalue weighted by Gasteiger charge is -2.38. The minimum absolute atomic E-state index is 0.0723. The predicted molar refractivity (Wildman–Crippen MR) is 432 cm³/mol. The van der Waals surface area contributed by atoms with Gasteiger partial charge in [-0.3, -0.25) is 29.3 Å². The molecule has 9 aliphatic heterocycles. The number of aromatic nitrogens is 8. The number of anilines is 6. The van der Waals surface area contributed by atoms with E-state index in [4.69, 9.17) is 48.9 Å². The Morgan fingerprint density at radius 2 is 0.974 bits per heavy atom. The Bertz CT molecular complexity index is 4770. The standard InChI is InChI=1S/C84H105F3N20O7/c1-10-74(108)99-28-34-102(35-29-99)78-61-21-25-105(71-19-16-54(42-64(71)53(4)5)56-40-59(97(7)45-56)51-114-83-91-70-49-107(77-65-44-88-95-67(65)18-20-73(77)111-9)27-23-63(70)80(94-83)104-38-32-101(33-39-104)76(110)12-3)47-68(61)89-82(93-78)113-52-60-41-57(46-98(60)8)55-15-17-66(84(85,86)87)72(43-55)106-26-22-62-69(48-106)90-81(112-50-58-14-13-24-96(58)6)92-79(62)103-36-30-100(31-37-103)75(109)11-2/h10-12,15-20,42-44,53,56-60H,1-3,13-14,21-41,45-52H2,4-9H3,(H,88,95)/t56?,57?,58-,59-,60-/m0/s1. The highest BCUT2D eigenvalue weighted by Gasteiger charge is 2.41. The van der Waals surface area contributed by atoms with E-state index in [-0.39, 0.29) is 84.5 Å². The van der Waals surface area contributed by atoms with E-state index in [2.05, 4.69) is 115 Å². The van der Waals surface area contributed by atoms with E-state index in [1.165, 1.54) is 35.4 Å². The fourth-order valence-corrected chi connectivity index (χ4v) is 18.6. The fraction of sp³-hybridized carbons (Fsp3) is 0.524. The van der Waals surface area contributed by atoms with Crippen LogP contribution in [-0.4, -0.2) is 271 Å². The molecule has 0 saturated carbocycles. The van der Waals surface area contributed by atoms with Crippen molar-refractivity contribution in [3.63, 3.8) is 0 Å². The molecule has 27 nitrogen and oxygen atoms in total. The van der Waals surface area contributed by atoms with Gasteiger partial charge in [-0.25, -0.2) is 0 Å². The number of alkyl halides is 3. The summed E-state index contributed by atoms with van der Waals surface area (Å²) in [5.74, 6) is 3.17. The number of rotatable bonds is 22. The monoisotopic (exact) mass is 1560 g/mol. The van der Waals surface area contributed by atoms with Crippen molar-refractivity contribution < 1.29 is 46.5 Å². The zero-order valence-corrected chi connectivity index (χ0v) is 66.4. The van der Waals surface area contributed by atoms with Gasteiger partial charge in [0, 0.05) is 163 Å². The average molecular weight is 1560 g/mol. The minimum atomic E-state index is -4.62. The van der Waals surface area contributed by atoms with Gasteiger partial charge in [0.1, 0.15) is 43.0 Å². The number of aromatic amines is 1. The van der Waals surface area contributed by atoms with Crippen LogP contribution in [-0.2, 0) is 59.5 Å². The molecule has 6 saturated heterocycles. The summed E-state index contributed by atoms with van der Waals surface area (Å²) in [4.78, 5) is 94.4. The third kappa shape index (κ3) is 15.9. The summed E-state index contributed by atoms with van der Waals surface area (Å²) in [6.07, 6.45) is 6.66. The number of halogens is 3. The molecule has 5 atom stereocenters. The van der Waals surface area contributed by atoms with Gasteiger partial charge in [0.05, 0.1) is 66.8 Å². The Labute approximate surface area is 664 Å². The van der Waals surface area contributed by atoms with Crippen LogP contribution in [0.15, 0.2) is 92.7 Å². The molecule has 4 aromatic heterocycles. The largest absolute Gasteiger partial charge is 0.495 e.